The van der Waals surface area contributed by atoms with Gasteiger partial charge in [-0.3, -0.25) is 0 Å². The quantitative estimate of drug-likeness (QED) is 0.444. The molecule has 0 aromatic heterocycles. The van der Waals surface area contributed by atoms with Gasteiger partial charge in [0.05, 0.1) is 12.2 Å². The molecule has 0 radical (unpaired) electrons. The van der Waals surface area contributed by atoms with Crippen molar-refractivity contribution in [2.45, 2.75) is 64.3 Å². The average Bonchev–Trinajstić information content (AvgIpc) is 3.24. The highest BCUT2D eigenvalue weighted by atomic mass is 16.8. The van der Waals surface area contributed by atoms with Crippen LogP contribution in [0.5, 0.6) is 0 Å². The van der Waals surface area contributed by atoms with E-state index in [9.17, 15) is 0 Å². The highest BCUT2D eigenvalue weighted by Crippen LogP contribution is 2.48. The number of fused-ring (bicyclic) bond motifs is 2. The van der Waals surface area contributed by atoms with Gasteiger partial charge < -0.3 is 14.2 Å². The van der Waals surface area contributed by atoms with Crippen LogP contribution in [0.3, 0.4) is 0 Å². The van der Waals surface area contributed by atoms with Crippen molar-refractivity contribution in [2.75, 3.05) is 0 Å². The Bertz CT molecular complexity index is 827. The molecule has 29 heavy (non-hydrogen) atoms. The Morgan fingerprint density at radius 2 is 1.10 bits per heavy atom. The Balaban J connectivity index is 1.52. The predicted molar refractivity (Wildman–Crippen MR) is 115 cm³/mol. The minimum atomic E-state index is -0.417. The molecule has 4 rings (SSSR count). The zero-order valence-electron chi connectivity index (χ0n) is 17.4. The fourth-order valence-electron chi connectivity index (χ4n) is 4.15. The third-order valence-electron chi connectivity index (χ3n) is 5.68. The summed E-state index contributed by atoms with van der Waals surface area (Å²) in [4.78, 5) is 0. The molecule has 0 bridgehead atoms. The van der Waals surface area contributed by atoms with E-state index >= 15 is 0 Å². The van der Waals surface area contributed by atoms with Gasteiger partial charge >= 0.3 is 0 Å². The highest BCUT2D eigenvalue weighted by molar-refractivity contribution is 5.35. The standard InChI is InChI=1S/C26H30O3/c1-17(2)13-15-23-19-9-5-7-11-21(19)25(27-23)29-26-22-12-8-6-10-20(22)24(28-26)16-14-18(3)4/h5-12,23-26H,1,3,13-16H2,2,4H3. The summed E-state index contributed by atoms with van der Waals surface area (Å²) < 4.78 is 19.1. The summed E-state index contributed by atoms with van der Waals surface area (Å²) >= 11 is 0. The number of hydrogen-bond donors (Lipinski definition) is 0. The summed E-state index contributed by atoms with van der Waals surface area (Å²) in [6.45, 7) is 12.2. The molecule has 152 valence electrons. The van der Waals surface area contributed by atoms with Gasteiger partial charge in [0.1, 0.15) is 0 Å². The second-order valence-electron chi connectivity index (χ2n) is 8.30. The summed E-state index contributed by atoms with van der Waals surface area (Å²) in [6.07, 6.45) is 2.94. The summed E-state index contributed by atoms with van der Waals surface area (Å²) in [5.74, 6) is 0. The lowest BCUT2D eigenvalue weighted by Gasteiger charge is -2.21. The molecule has 4 atom stereocenters. The van der Waals surface area contributed by atoms with Gasteiger partial charge in [-0.2, -0.15) is 0 Å². The molecule has 2 heterocycles. The Morgan fingerprint density at radius 3 is 1.48 bits per heavy atom. The van der Waals surface area contributed by atoms with Crippen LogP contribution >= 0.6 is 0 Å². The molecule has 2 aliphatic rings. The molecule has 0 aliphatic carbocycles. The molecule has 0 fully saturated rings. The molecule has 0 saturated heterocycles. The van der Waals surface area contributed by atoms with Crippen molar-refractivity contribution < 1.29 is 14.2 Å². The first-order chi connectivity index (χ1) is 14.0. The number of ether oxygens (including phenoxy) is 3. The van der Waals surface area contributed by atoms with Gasteiger partial charge in [-0.25, -0.2) is 0 Å². The zero-order chi connectivity index (χ0) is 20.4. The van der Waals surface area contributed by atoms with E-state index in [0.717, 1.165) is 36.8 Å². The molecule has 0 amide bonds. The summed E-state index contributed by atoms with van der Waals surface area (Å²) in [6, 6.07) is 16.7. The lowest BCUT2D eigenvalue weighted by atomic mass is 10.00. The van der Waals surface area contributed by atoms with Crippen LogP contribution < -0.4 is 0 Å². The molecule has 3 nitrogen and oxygen atoms in total. The Morgan fingerprint density at radius 1 is 0.724 bits per heavy atom. The smallest absolute Gasteiger partial charge is 0.188 e. The zero-order valence-corrected chi connectivity index (χ0v) is 17.4. The van der Waals surface area contributed by atoms with E-state index in [0.29, 0.717) is 0 Å². The average molecular weight is 391 g/mol. The number of allylic oxidation sites excluding steroid dienone is 2. The van der Waals surface area contributed by atoms with Crippen molar-refractivity contribution in [2.24, 2.45) is 0 Å². The van der Waals surface area contributed by atoms with E-state index in [1.807, 2.05) is 12.1 Å². The van der Waals surface area contributed by atoms with Gasteiger partial charge in [-0.1, -0.05) is 59.7 Å². The van der Waals surface area contributed by atoms with Crippen LogP contribution in [0.15, 0.2) is 72.8 Å². The van der Waals surface area contributed by atoms with Gasteiger partial charge in [0.15, 0.2) is 12.6 Å². The Kier molecular flexibility index (Phi) is 6.00. The van der Waals surface area contributed by atoms with Crippen molar-refractivity contribution in [1.29, 1.82) is 0 Å². The maximum absolute atomic E-state index is 6.41. The lowest BCUT2D eigenvalue weighted by molar-refractivity contribution is -0.263. The molecule has 3 heteroatoms. The molecular formula is C26H30O3. The van der Waals surface area contributed by atoms with Crippen LogP contribution in [0.4, 0.5) is 0 Å². The SMILES string of the molecule is C=C(C)CCC1OC(OC2OC(CCC(=C)C)c3ccccc32)c2ccccc21. The van der Waals surface area contributed by atoms with Gasteiger partial charge in [-0.05, 0) is 50.7 Å². The summed E-state index contributed by atoms with van der Waals surface area (Å²) in [5.41, 5.74) is 6.97. The van der Waals surface area contributed by atoms with Crippen LogP contribution in [-0.4, -0.2) is 0 Å². The normalized spacial score (nSPS) is 24.9. The molecule has 2 aliphatic heterocycles. The first-order valence-corrected chi connectivity index (χ1v) is 10.5. The number of hydrogen-bond acceptors (Lipinski definition) is 3. The molecule has 2 aromatic rings. The van der Waals surface area contributed by atoms with Crippen molar-refractivity contribution >= 4 is 0 Å². The fourth-order valence-corrected chi connectivity index (χ4v) is 4.15. The van der Waals surface area contributed by atoms with Crippen molar-refractivity contribution in [3.63, 3.8) is 0 Å². The Labute approximate surface area is 174 Å². The monoisotopic (exact) mass is 390 g/mol. The highest BCUT2D eigenvalue weighted by Gasteiger charge is 2.38. The van der Waals surface area contributed by atoms with E-state index < -0.39 is 12.6 Å². The van der Waals surface area contributed by atoms with E-state index in [4.69, 9.17) is 14.2 Å². The minimum Gasteiger partial charge on any atom is -0.340 e. The fraction of sp³-hybridized carbons (Fsp3) is 0.385. The number of rotatable bonds is 8. The second-order valence-corrected chi connectivity index (χ2v) is 8.30. The molecular weight excluding hydrogens is 360 g/mol. The summed E-state index contributed by atoms with van der Waals surface area (Å²) in [5, 5.41) is 0. The molecule has 0 saturated carbocycles. The van der Waals surface area contributed by atoms with Crippen LogP contribution in [-0.2, 0) is 14.2 Å². The maximum Gasteiger partial charge on any atom is 0.188 e. The van der Waals surface area contributed by atoms with Gasteiger partial charge in [-0.15, -0.1) is 13.2 Å². The predicted octanol–water partition coefficient (Wildman–Crippen LogP) is 7.26. The molecule has 0 N–H and O–H groups in total. The van der Waals surface area contributed by atoms with Crippen LogP contribution in [0.2, 0.25) is 0 Å². The van der Waals surface area contributed by atoms with Gasteiger partial charge in [0, 0.05) is 11.1 Å². The molecule has 0 spiro atoms. The van der Waals surface area contributed by atoms with E-state index in [-0.39, 0.29) is 12.2 Å². The topological polar surface area (TPSA) is 27.7 Å². The van der Waals surface area contributed by atoms with Crippen molar-refractivity contribution in [3.05, 3.63) is 95.1 Å². The largest absolute Gasteiger partial charge is 0.340 e. The van der Waals surface area contributed by atoms with Crippen molar-refractivity contribution in [1.82, 2.24) is 0 Å². The number of benzene rings is 2. The first kappa shape index (κ1) is 20.1. The molecule has 2 aromatic carbocycles. The summed E-state index contributed by atoms with van der Waals surface area (Å²) in [7, 11) is 0. The first-order valence-electron chi connectivity index (χ1n) is 10.5. The third kappa shape index (κ3) is 4.37. The third-order valence-corrected chi connectivity index (χ3v) is 5.68. The lowest BCUT2D eigenvalue weighted by Crippen LogP contribution is -2.10. The van der Waals surface area contributed by atoms with E-state index in [1.54, 1.807) is 0 Å². The van der Waals surface area contributed by atoms with E-state index in [2.05, 4.69) is 63.4 Å². The van der Waals surface area contributed by atoms with Crippen LogP contribution in [0.1, 0.15) is 86.6 Å². The minimum absolute atomic E-state index is 0.0313. The maximum atomic E-state index is 6.41. The Hall–Kier alpha value is -2.20. The van der Waals surface area contributed by atoms with Gasteiger partial charge in [0.25, 0.3) is 0 Å². The second kappa shape index (κ2) is 8.66. The van der Waals surface area contributed by atoms with Crippen molar-refractivity contribution in [3.8, 4) is 0 Å². The van der Waals surface area contributed by atoms with E-state index in [1.165, 1.54) is 22.3 Å². The van der Waals surface area contributed by atoms with Crippen LogP contribution in [0, 0.1) is 0 Å². The molecule has 4 unspecified atom stereocenters. The van der Waals surface area contributed by atoms with Gasteiger partial charge in [0.2, 0.25) is 0 Å². The van der Waals surface area contributed by atoms with Crippen LogP contribution in [0.25, 0.3) is 0 Å².